The van der Waals surface area contributed by atoms with Crippen LogP contribution in [0.25, 0.3) is 0 Å². The number of fused-ring (bicyclic) bond motifs is 1. The Kier molecular flexibility index (Phi) is 6.38. The Labute approximate surface area is 166 Å². The highest BCUT2D eigenvalue weighted by Gasteiger charge is 2.32. The number of aliphatic imine (C=N–C) groups is 1. The van der Waals surface area contributed by atoms with E-state index in [1.807, 2.05) is 16.7 Å². The number of hydrogen-bond acceptors (Lipinski definition) is 5. The fourth-order valence-electron chi connectivity index (χ4n) is 3.29. The van der Waals surface area contributed by atoms with Crippen LogP contribution in [0.5, 0.6) is 11.5 Å². The first-order valence-corrected chi connectivity index (χ1v) is 9.77. The molecule has 0 fully saturated rings. The highest BCUT2D eigenvalue weighted by Crippen LogP contribution is 2.41. The van der Waals surface area contributed by atoms with Gasteiger partial charge in [-0.2, -0.15) is 0 Å². The summed E-state index contributed by atoms with van der Waals surface area (Å²) in [7, 11) is 1.76. The predicted molar refractivity (Wildman–Crippen MR) is 109 cm³/mol. The summed E-state index contributed by atoms with van der Waals surface area (Å²) in [6.45, 7) is 8.94. The standard InChI is InChI=1S/C20H30N6O2/c1-5-17-25-24-14-26(17)11-9-22-19(21-4)23-10-12-27-16-8-6-7-15-13-20(2,3)28-18(15)16/h6-8,14H,5,9-13H2,1-4H3,(H2,21,22,23). The van der Waals surface area contributed by atoms with E-state index in [2.05, 4.69) is 52.7 Å². The van der Waals surface area contributed by atoms with Gasteiger partial charge in [0.25, 0.3) is 0 Å². The quantitative estimate of drug-likeness (QED) is 0.409. The number of aryl methyl sites for hydroxylation is 1. The molecule has 2 aromatic rings. The molecule has 2 heterocycles. The van der Waals surface area contributed by atoms with Crippen molar-refractivity contribution in [3.63, 3.8) is 0 Å². The summed E-state index contributed by atoms with van der Waals surface area (Å²) in [4.78, 5) is 4.24. The molecule has 3 rings (SSSR count). The Morgan fingerprint density at radius 1 is 1.32 bits per heavy atom. The second-order valence-electron chi connectivity index (χ2n) is 7.35. The maximum atomic E-state index is 6.04. The van der Waals surface area contributed by atoms with Crippen molar-refractivity contribution < 1.29 is 9.47 Å². The molecule has 0 saturated heterocycles. The number of aromatic nitrogens is 3. The van der Waals surface area contributed by atoms with E-state index in [1.165, 1.54) is 5.56 Å². The minimum absolute atomic E-state index is 0.172. The summed E-state index contributed by atoms with van der Waals surface area (Å²) in [5.74, 6) is 3.40. The minimum atomic E-state index is -0.172. The molecule has 0 atom stereocenters. The Bertz CT molecular complexity index is 815. The lowest BCUT2D eigenvalue weighted by molar-refractivity contribution is 0.132. The highest BCUT2D eigenvalue weighted by molar-refractivity contribution is 5.79. The normalized spacial score (nSPS) is 15.1. The van der Waals surface area contributed by atoms with Crippen LogP contribution >= 0.6 is 0 Å². The minimum Gasteiger partial charge on any atom is -0.488 e. The van der Waals surface area contributed by atoms with E-state index in [-0.39, 0.29) is 5.60 Å². The maximum Gasteiger partial charge on any atom is 0.191 e. The van der Waals surface area contributed by atoms with Gasteiger partial charge in [-0.15, -0.1) is 10.2 Å². The number of rotatable bonds is 8. The van der Waals surface area contributed by atoms with Crippen molar-refractivity contribution in [2.45, 2.75) is 45.8 Å². The summed E-state index contributed by atoms with van der Waals surface area (Å²) in [6.07, 6.45) is 3.53. The lowest BCUT2D eigenvalue weighted by atomic mass is 10.0. The van der Waals surface area contributed by atoms with Gasteiger partial charge >= 0.3 is 0 Å². The molecule has 0 aliphatic carbocycles. The molecule has 0 bridgehead atoms. The molecule has 0 radical (unpaired) electrons. The van der Waals surface area contributed by atoms with Crippen molar-refractivity contribution >= 4 is 5.96 Å². The summed E-state index contributed by atoms with van der Waals surface area (Å²) >= 11 is 0. The smallest absolute Gasteiger partial charge is 0.191 e. The number of guanidine groups is 1. The van der Waals surface area contributed by atoms with Crippen molar-refractivity contribution in [1.29, 1.82) is 0 Å². The zero-order chi connectivity index (χ0) is 20.0. The summed E-state index contributed by atoms with van der Waals surface area (Å²) in [6, 6.07) is 6.07. The van der Waals surface area contributed by atoms with Crippen molar-refractivity contribution in [3.05, 3.63) is 35.9 Å². The number of nitrogens with zero attached hydrogens (tertiary/aromatic N) is 4. The van der Waals surface area contributed by atoms with E-state index in [0.29, 0.717) is 13.2 Å². The van der Waals surface area contributed by atoms with Gasteiger partial charge in [0.05, 0.1) is 6.54 Å². The average molecular weight is 387 g/mol. The second kappa shape index (κ2) is 8.95. The number of hydrogen-bond donors (Lipinski definition) is 2. The maximum absolute atomic E-state index is 6.04. The van der Waals surface area contributed by atoms with E-state index in [0.717, 1.165) is 49.2 Å². The van der Waals surface area contributed by atoms with Gasteiger partial charge in [0, 0.05) is 38.5 Å². The van der Waals surface area contributed by atoms with Crippen molar-refractivity contribution in [2.24, 2.45) is 4.99 Å². The molecule has 0 saturated carbocycles. The topological polar surface area (TPSA) is 85.6 Å². The third kappa shape index (κ3) is 4.94. The molecule has 28 heavy (non-hydrogen) atoms. The first-order chi connectivity index (χ1) is 13.5. The van der Waals surface area contributed by atoms with Crippen molar-refractivity contribution in [3.8, 4) is 11.5 Å². The molecule has 1 aromatic carbocycles. The van der Waals surface area contributed by atoms with Crippen LogP contribution in [0.3, 0.4) is 0 Å². The summed E-state index contributed by atoms with van der Waals surface area (Å²) in [5, 5.41) is 14.6. The van der Waals surface area contributed by atoms with Crippen molar-refractivity contribution in [2.75, 3.05) is 26.7 Å². The molecule has 8 heteroatoms. The molecule has 1 aliphatic heterocycles. The lowest BCUT2D eigenvalue weighted by Gasteiger charge is -2.18. The Hall–Kier alpha value is -2.77. The average Bonchev–Trinajstić information content (AvgIpc) is 3.25. The fraction of sp³-hybridized carbons (Fsp3) is 0.550. The zero-order valence-corrected chi connectivity index (χ0v) is 17.2. The molecule has 0 spiro atoms. The highest BCUT2D eigenvalue weighted by atomic mass is 16.5. The monoisotopic (exact) mass is 386 g/mol. The van der Waals surface area contributed by atoms with E-state index in [1.54, 1.807) is 13.4 Å². The Morgan fingerprint density at radius 2 is 2.14 bits per heavy atom. The third-order valence-corrected chi connectivity index (χ3v) is 4.59. The second-order valence-corrected chi connectivity index (χ2v) is 7.35. The van der Waals surface area contributed by atoms with Gasteiger partial charge < -0.3 is 24.7 Å². The van der Waals surface area contributed by atoms with Gasteiger partial charge in [0.1, 0.15) is 24.4 Å². The molecule has 2 N–H and O–H groups in total. The molecule has 0 amide bonds. The van der Waals surface area contributed by atoms with Crippen LogP contribution in [-0.2, 0) is 19.4 Å². The van der Waals surface area contributed by atoms with Crippen LogP contribution in [0.1, 0.15) is 32.2 Å². The van der Waals surface area contributed by atoms with Crippen LogP contribution < -0.4 is 20.1 Å². The predicted octanol–water partition coefficient (Wildman–Crippen LogP) is 1.80. The summed E-state index contributed by atoms with van der Waals surface area (Å²) in [5.41, 5.74) is 1.03. The van der Waals surface area contributed by atoms with Crippen molar-refractivity contribution in [1.82, 2.24) is 25.4 Å². The lowest BCUT2D eigenvalue weighted by Crippen LogP contribution is -2.40. The molecule has 1 aliphatic rings. The molecular formula is C20H30N6O2. The Morgan fingerprint density at radius 3 is 2.93 bits per heavy atom. The first-order valence-electron chi connectivity index (χ1n) is 9.77. The van der Waals surface area contributed by atoms with E-state index >= 15 is 0 Å². The van der Waals surface area contributed by atoms with Crippen LogP contribution in [0, 0.1) is 0 Å². The summed E-state index contributed by atoms with van der Waals surface area (Å²) < 4.78 is 14.0. The number of nitrogens with one attached hydrogen (secondary N) is 2. The first kappa shape index (κ1) is 20.0. The molecular weight excluding hydrogens is 356 g/mol. The number of ether oxygens (including phenoxy) is 2. The van der Waals surface area contributed by atoms with Crippen LogP contribution in [0.2, 0.25) is 0 Å². The SMILES string of the molecule is CCc1nncn1CCNC(=NC)NCCOc1cccc2c1OC(C)(C)C2. The van der Waals surface area contributed by atoms with Gasteiger partial charge in [-0.3, -0.25) is 4.99 Å². The van der Waals surface area contributed by atoms with Gasteiger partial charge in [-0.1, -0.05) is 19.1 Å². The molecule has 1 aromatic heterocycles. The molecule has 0 unspecified atom stereocenters. The number of para-hydroxylation sites is 1. The van der Waals surface area contributed by atoms with Gasteiger partial charge in [-0.25, -0.2) is 0 Å². The Balaban J connectivity index is 1.41. The van der Waals surface area contributed by atoms with Crippen LogP contribution in [-0.4, -0.2) is 53.1 Å². The van der Waals surface area contributed by atoms with Gasteiger partial charge in [0.15, 0.2) is 17.5 Å². The third-order valence-electron chi connectivity index (χ3n) is 4.59. The van der Waals surface area contributed by atoms with E-state index in [9.17, 15) is 0 Å². The molecule has 8 nitrogen and oxygen atoms in total. The van der Waals surface area contributed by atoms with Gasteiger partial charge in [0.2, 0.25) is 0 Å². The molecule has 152 valence electrons. The number of benzene rings is 1. The van der Waals surface area contributed by atoms with E-state index in [4.69, 9.17) is 9.47 Å². The van der Waals surface area contributed by atoms with Crippen LogP contribution in [0.4, 0.5) is 0 Å². The van der Waals surface area contributed by atoms with E-state index < -0.39 is 0 Å². The largest absolute Gasteiger partial charge is 0.488 e. The fourth-order valence-corrected chi connectivity index (χ4v) is 3.29. The zero-order valence-electron chi connectivity index (χ0n) is 17.2. The van der Waals surface area contributed by atoms with Crippen LogP contribution in [0.15, 0.2) is 29.5 Å². The van der Waals surface area contributed by atoms with Gasteiger partial charge in [-0.05, 0) is 19.9 Å².